The minimum absolute atomic E-state index is 0.261. The van der Waals surface area contributed by atoms with Crippen molar-refractivity contribution >= 4 is 5.69 Å². The minimum atomic E-state index is -0.261. The summed E-state index contributed by atoms with van der Waals surface area (Å²) in [7, 11) is 0. The summed E-state index contributed by atoms with van der Waals surface area (Å²) in [4.78, 5) is 4.09. The molecule has 0 aliphatic rings. The first-order chi connectivity index (χ1) is 7.20. The lowest BCUT2D eigenvalue weighted by Gasteiger charge is -2.06. The van der Waals surface area contributed by atoms with Crippen LogP contribution in [0.3, 0.4) is 0 Å². The third kappa shape index (κ3) is 1.68. The van der Waals surface area contributed by atoms with E-state index < -0.39 is 0 Å². The van der Waals surface area contributed by atoms with Crippen molar-refractivity contribution < 1.29 is 4.39 Å². The highest BCUT2D eigenvalue weighted by Gasteiger charge is 2.10. The molecule has 0 saturated carbocycles. The van der Waals surface area contributed by atoms with E-state index in [1.807, 2.05) is 0 Å². The lowest BCUT2D eigenvalue weighted by molar-refractivity contribution is 0.621. The van der Waals surface area contributed by atoms with Gasteiger partial charge >= 0.3 is 0 Å². The van der Waals surface area contributed by atoms with E-state index in [1.165, 1.54) is 0 Å². The van der Waals surface area contributed by atoms with E-state index in [0.717, 1.165) is 0 Å². The van der Waals surface area contributed by atoms with Crippen LogP contribution >= 0.6 is 0 Å². The first-order valence-corrected chi connectivity index (χ1v) is 4.66. The first kappa shape index (κ1) is 9.65. The van der Waals surface area contributed by atoms with E-state index >= 15 is 0 Å². The number of nitrogen functional groups attached to an aromatic ring is 1. The zero-order chi connectivity index (χ0) is 10.8. The molecule has 0 atom stereocenters. The number of nitrogens with two attached hydrogens (primary N) is 1. The monoisotopic (exact) mass is 202 g/mol. The summed E-state index contributed by atoms with van der Waals surface area (Å²) < 4.78 is 13.8. The molecule has 0 unspecified atom stereocenters. The maximum atomic E-state index is 13.8. The number of nitrogens with zero attached hydrogens (tertiary/aromatic N) is 1. The van der Waals surface area contributed by atoms with Gasteiger partial charge in [-0.1, -0.05) is 12.1 Å². The van der Waals surface area contributed by atoms with Crippen LogP contribution in [0.15, 0.2) is 36.5 Å². The standard InChI is InChI=1S/C12H11FN2/c1-8-4-2-5-9(11(8)13)12-10(14)6-3-7-15-12/h2-7H,14H2,1H3. The van der Waals surface area contributed by atoms with E-state index in [1.54, 1.807) is 43.5 Å². The number of rotatable bonds is 1. The summed E-state index contributed by atoms with van der Waals surface area (Å²) in [5, 5.41) is 0. The van der Waals surface area contributed by atoms with Crippen molar-refractivity contribution in [3.05, 3.63) is 47.9 Å². The Kier molecular flexibility index (Phi) is 2.37. The first-order valence-electron chi connectivity index (χ1n) is 4.66. The van der Waals surface area contributed by atoms with Crippen molar-refractivity contribution in [1.29, 1.82) is 0 Å². The molecule has 0 fully saturated rings. The molecular formula is C12H11FN2. The van der Waals surface area contributed by atoms with Crippen LogP contribution < -0.4 is 5.73 Å². The van der Waals surface area contributed by atoms with Gasteiger partial charge in [-0.05, 0) is 30.7 Å². The third-order valence-electron chi connectivity index (χ3n) is 2.29. The lowest BCUT2D eigenvalue weighted by atomic mass is 10.1. The Labute approximate surface area is 87.6 Å². The number of hydrogen-bond donors (Lipinski definition) is 1. The average Bonchev–Trinajstić information content (AvgIpc) is 2.23. The predicted molar refractivity (Wildman–Crippen MR) is 58.8 cm³/mol. The summed E-state index contributed by atoms with van der Waals surface area (Å²) in [6.07, 6.45) is 1.60. The van der Waals surface area contributed by atoms with Gasteiger partial charge < -0.3 is 5.73 Å². The molecule has 3 heteroatoms. The lowest BCUT2D eigenvalue weighted by Crippen LogP contribution is -1.95. The second-order valence-electron chi connectivity index (χ2n) is 3.38. The van der Waals surface area contributed by atoms with E-state index in [-0.39, 0.29) is 5.82 Å². The van der Waals surface area contributed by atoms with Crippen LogP contribution in [-0.4, -0.2) is 4.98 Å². The molecule has 2 rings (SSSR count). The highest BCUT2D eigenvalue weighted by Crippen LogP contribution is 2.26. The number of benzene rings is 1. The van der Waals surface area contributed by atoms with Crippen molar-refractivity contribution in [3.63, 3.8) is 0 Å². The molecule has 76 valence electrons. The van der Waals surface area contributed by atoms with Crippen LogP contribution in [0.5, 0.6) is 0 Å². The summed E-state index contributed by atoms with van der Waals surface area (Å²) in [5.74, 6) is -0.261. The van der Waals surface area contributed by atoms with Gasteiger partial charge in [0, 0.05) is 11.8 Å². The average molecular weight is 202 g/mol. The molecule has 2 nitrogen and oxygen atoms in total. The fourth-order valence-corrected chi connectivity index (χ4v) is 1.47. The van der Waals surface area contributed by atoms with E-state index in [2.05, 4.69) is 4.98 Å². The van der Waals surface area contributed by atoms with Crippen molar-refractivity contribution in [2.45, 2.75) is 6.92 Å². The largest absolute Gasteiger partial charge is 0.397 e. The molecule has 1 heterocycles. The highest BCUT2D eigenvalue weighted by atomic mass is 19.1. The predicted octanol–water partition coefficient (Wildman–Crippen LogP) is 2.78. The maximum Gasteiger partial charge on any atom is 0.135 e. The normalized spacial score (nSPS) is 10.3. The van der Waals surface area contributed by atoms with Gasteiger partial charge in [-0.15, -0.1) is 0 Å². The van der Waals surface area contributed by atoms with Crippen molar-refractivity contribution in [2.75, 3.05) is 5.73 Å². The smallest absolute Gasteiger partial charge is 0.135 e. The second-order valence-corrected chi connectivity index (χ2v) is 3.38. The Balaban J connectivity index is 2.65. The van der Waals surface area contributed by atoms with Crippen molar-refractivity contribution in [3.8, 4) is 11.3 Å². The molecule has 0 radical (unpaired) electrons. The van der Waals surface area contributed by atoms with Crippen LogP contribution in [0, 0.1) is 12.7 Å². The summed E-state index contributed by atoms with van der Waals surface area (Å²) in [6.45, 7) is 1.72. The molecule has 0 bridgehead atoms. The minimum Gasteiger partial charge on any atom is -0.397 e. The summed E-state index contributed by atoms with van der Waals surface area (Å²) in [5.41, 5.74) is 7.78. The van der Waals surface area contributed by atoms with Gasteiger partial charge in [0.2, 0.25) is 0 Å². The van der Waals surface area contributed by atoms with Gasteiger partial charge in [0.1, 0.15) is 5.82 Å². The number of halogens is 1. The molecular weight excluding hydrogens is 191 g/mol. The molecule has 0 aliphatic carbocycles. The van der Waals surface area contributed by atoms with Crippen LogP contribution in [0.4, 0.5) is 10.1 Å². The molecule has 0 aliphatic heterocycles. The number of pyridine rings is 1. The Hall–Kier alpha value is -1.90. The van der Waals surface area contributed by atoms with Crippen LogP contribution in [-0.2, 0) is 0 Å². The molecule has 2 aromatic rings. The zero-order valence-electron chi connectivity index (χ0n) is 8.37. The summed E-state index contributed by atoms with van der Waals surface area (Å²) >= 11 is 0. The van der Waals surface area contributed by atoms with Gasteiger partial charge in [0.15, 0.2) is 0 Å². The van der Waals surface area contributed by atoms with Gasteiger partial charge in [0.25, 0.3) is 0 Å². The molecule has 1 aromatic carbocycles. The fraction of sp³-hybridized carbons (Fsp3) is 0.0833. The van der Waals surface area contributed by atoms with Gasteiger partial charge in [0.05, 0.1) is 11.4 Å². The summed E-state index contributed by atoms with van der Waals surface area (Å²) in [6, 6.07) is 8.64. The molecule has 0 saturated heterocycles. The highest BCUT2D eigenvalue weighted by molar-refractivity contribution is 5.72. The Bertz CT molecular complexity index is 495. The SMILES string of the molecule is Cc1cccc(-c2ncccc2N)c1F. The fourth-order valence-electron chi connectivity index (χ4n) is 1.47. The van der Waals surface area contributed by atoms with Gasteiger partial charge in [-0.3, -0.25) is 4.98 Å². The van der Waals surface area contributed by atoms with Gasteiger partial charge in [-0.25, -0.2) is 4.39 Å². The number of anilines is 1. The van der Waals surface area contributed by atoms with E-state index in [9.17, 15) is 4.39 Å². The molecule has 1 aromatic heterocycles. The van der Waals surface area contributed by atoms with Crippen LogP contribution in [0.25, 0.3) is 11.3 Å². The maximum absolute atomic E-state index is 13.8. The number of hydrogen-bond acceptors (Lipinski definition) is 2. The van der Waals surface area contributed by atoms with Crippen LogP contribution in [0.1, 0.15) is 5.56 Å². The Morgan fingerprint density at radius 3 is 2.73 bits per heavy atom. The topological polar surface area (TPSA) is 38.9 Å². The van der Waals surface area contributed by atoms with E-state index in [4.69, 9.17) is 5.73 Å². The zero-order valence-corrected chi connectivity index (χ0v) is 8.37. The quantitative estimate of drug-likeness (QED) is 0.772. The Morgan fingerprint density at radius 2 is 2.00 bits per heavy atom. The van der Waals surface area contributed by atoms with E-state index in [0.29, 0.717) is 22.5 Å². The second kappa shape index (κ2) is 3.69. The third-order valence-corrected chi connectivity index (χ3v) is 2.29. The van der Waals surface area contributed by atoms with Crippen molar-refractivity contribution in [1.82, 2.24) is 4.98 Å². The molecule has 0 amide bonds. The number of aromatic nitrogens is 1. The molecule has 0 spiro atoms. The van der Waals surface area contributed by atoms with Gasteiger partial charge in [-0.2, -0.15) is 0 Å². The number of aryl methyl sites for hydroxylation is 1. The molecule has 15 heavy (non-hydrogen) atoms. The Morgan fingerprint density at radius 1 is 1.20 bits per heavy atom. The van der Waals surface area contributed by atoms with Crippen molar-refractivity contribution in [2.24, 2.45) is 0 Å². The molecule has 2 N–H and O–H groups in total. The van der Waals surface area contributed by atoms with Crippen LogP contribution in [0.2, 0.25) is 0 Å².